The molecule has 7 heteroatoms. The normalized spacial score (nSPS) is 10.3. The summed E-state index contributed by atoms with van der Waals surface area (Å²) >= 11 is 5.67. The zero-order valence-corrected chi connectivity index (χ0v) is 17.1. The van der Waals surface area contributed by atoms with Gasteiger partial charge in [-0.15, -0.1) is 0 Å². The van der Waals surface area contributed by atoms with Crippen LogP contribution >= 0.6 is 12.2 Å². The van der Waals surface area contributed by atoms with Crippen LogP contribution < -0.4 is 14.8 Å². The molecule has 29 heavy (non-hydrogen) atoms. The van der Waals surface area contributed by atoms with E-state index in [0.29, 0.717) is 35.4 Å². The number of halogens is 1. The van der Waals surface area contributed by atoms with Crippen LogP contribution in [0.15, 0.2) is 67.0 Å². The zero-order valence-electron chi connectivity index (χ0n) is 16.3. The minimum absolute atomic E-state index is 0.278. The van der Waals surface area contributed by atoms with Crippen LogP contribution in [-0.2, 0) is 13.1 Å². The lowest BCUT2D eigenvalue weighted by Gasteiger charge is -2.26. The molecule has 0 atom stereocenters. The summed E-state index contributed by atoms with van der Waals surface area (Å²) in [6.07, 6.45) is 3.51. The molecular weight excluding hydrogens is 389 g/mol. The maximum Gasteiger partial charge on any atom is 0.174 e. The predicted molar refractivity (Wildman–Crippen MR) is 116 cm³/mol. The van der Waals surface area contributed by atoms with Gasteiger partial charge in [0, 0.05) is 31.5 Å². The van der Waals surface area contributed by atoms with Crippen molar-refractivity contribution in [2.75, 3.05) is 19.5 Å². The molecule has 3 aromatic rings. The van der Waals surface area contributed by atoms with E-state index in [-0.39, 0.29) is 5.82 Å². The van der Waals surface area contributed by atoms with Crippen LogP contribution in [0.2, 0.25) is 0 Å². The molecule has 150 valence electrons. The van der Waals surface area contributed by atoms with Crippen LogP contribution in [0.4, 0.5) is 10.1 Å². The molecule has 2 aromatic carbocycles. The third-order valence-electron chi connectivity index (χ3n) is 4.30. The molecule has 5 nitrogen and oxygen atoms in total. The van der Waals surface area contributed by atoms with Gasteiger partial charge >= 0.3 is 0 Å². The number of rotatable bonds is 7. The molecule has 0 spiro atoms. The Labute approximate surface area is 175 Å². The summed E-state index contributed by atoms with van der Waals surface area (Å²) < 4.78 is 24.3. The highest BCUT2D eigenvalue weighted by atomic mass is 32.1. The molecule has 0 saturated carbocycles. The van der Waals surface area contributed by atoms with Gasteiger partial charge in [0.25, 0.3) is 0 Å². The van der Waals surface area contributed by atoms with Crippen molar-refractivity contribution in [3.8, 4) is 11.5 Å². The van der Waals surface area contributed by atoms with E-state index in [1.54, 1.807) is 38.7 Å². The van der Waals surface area contributed by atoms with Gasteiger partial charge < -0.3 is 19.7 Å². The second-order valence-corrected chi connectivity index (χ2v) is 6.73. The third kappa shape index (κ3) is 5.65. The Morgan fingerprint density at radius 1 is 1.03 bits per heavy atom. The molecule has 1 N–H and O–H groups in total. The Kier molecular flexibility index (Phi) is 6.97. The molecule has 3 rings (SSSR count). The van der Waals surface area contributed by atoms with Gasteiger partial charge in [0.1, 0.15) is 17.3 Å². The maximum atomic E-state index is 13.7. The van der Waals surface area contributed by atoms with Crippen molar-refractivity contribution in [1.82, 2.24) is 9.88 Å². The zero-order chi connectivity index (χ0) is 20.6. The summed E-state index contributed by atoms with van der Waals surface area (Å²) in [7, 11) is 3.18. The Balaban J connectivity index is 1.83. The van der Waals surface area contributed by atoms with Gasteiger partial charge in [-0.05, 0) is 53.7 Å². The van der Waals surface area contributed by atoms with Crippen LogP contribution in [-0.4, -0.2) is 29.2 Å². The van der Waals surface area contributed by atoms with Gasteiger partial charge in [-0.2, -0.15) is 0 Å². The number of aromatic nitrogens is 1. The number of benzene rings is 2. The minimum atomic E-state index is -0.278. The third-order valence-corrected chi connectivity index (χ3v) is 4.66. The maximum absolute atomic E-state index is 13.7. The van der Waals surface area contributed by atoms with E-state index in [9.17, 15) is 4.39 Å². The number of nitrogens with one attached hydrogen (secondary N) is 1. The molecular formula is C22H22FN3O2S. The highest BCUT2D eigenvalue weighted by Crippen LogP contribution is 2.29. The number of thiocarbonyl (C=S) groups is 1. The van der Waals surface area contributed by atoms with Gasteiger partial charge in [0.15, 0.2) is 5.11 Å². The van der Waals surface area contributed by atoms with E-state index in [4.69, 9.17) is 21.7 Å². The van der Waals surface area contributed by atoms with Crippen LogP contribution in [0.1, 0.15) is 11.1 Å². The number of methoxy groups -OCH3 is 2. The molecule has 0 bridgehead atoms. The fraction of sp³-hybridized carbons (Fsp3) is 0.182. The van der Waals surface area contributed by atoms with Crippen LogP contribution in [0.3, 0.4) is 0 Å². The van der Waals surface area contributed by atoms with Crippen molar-refractivity contribution in [3.05, 3.63) is 83.9 Å². The largest absolute Gasteiger partial charge is 0.497 e. The van der Waals surface area contributed by atoms with Crippen molar-refractivity contribution < 1.29 is 13.9 Å². The van der Waals surface area contributed by atoms with E-state index in [1.165, 1.54) is 12.1 Å². The van der Waals surface area contributed by atoms with Crippen molar-refractivity contribution in [2.45, 2.75) is 13.1 Å². The molecule has 1 aromatic heterocycles. The number of ether oxygens (including phenoxy) is 2. The first-order valence-electron chi connectivity index (χ1n) is 9.00. The fourth-order valence-electron chi connectivity index (χ4n) is 2.86. The van der Waals surface area contributed by atoms with Gasteiger partial charge in [-0.3, -0.25) is 4.98 Å². The van der Waals surface area contributed by atoms with Crippen molar-refractivity contribution >= 4 is 23.0 Å². The predicted octanol–water partition coefficient (Wildman–Crippen LogP) is 4.64. The quantitative estimate of drug-likeness (QED) is 0.572. The monoisotopic (exact) mass is 411 g/mol. The SMILES string of the molecule is COc1ccc(NC(=S)N(Cc2cccnc2)Cc2cccc(F)c2)c(OC)c1. The summed E-state index contributed by atoms with van der Waals surface area (Å²) in [5.41, 5.74) is 2.53. The molecule has 0 amide bonds. The van der Waals surface area contributed by atoms with Crippen molar-refractivity contribution in [1.29, 1.82) is 0 Å². The number of hydrogen-bond acceptors (Lipinski definition) is 4. The summed E-state index contributed by atoms with van der Waals surface area (Å²) in [5.74, 6) is 1.02. The average molecular weight is 412 g/mol. The van der Waals surface area contributed by atoms with E-state index in [2.05, 4.69) is 10.3 Å². The number of pyridine rings is 1. The number of hydrogen-bond donors (Lipinski definition) is 1. The van der Waals surface area contributed by atoms with Gasteiger partial charge in [-0.25, -0.2) is 4.39 Å². The summed E-state index contributed by atoms with van der Waals surface area (Å²) in [6, 6.07) is 15.8. The lowest BCUT2D eigenvalue weighted by Crippen LogP contribution is -2.34. The second kappa shape index (κ2) is 9.84. The molecule has 0 aliphatic heterocycles. The number of anilines is 1. The molecule has 0 aliphatic rings. The lowest BCUT2D eigenvalue weighted by atomic mass is 10.2. The molecule has 1 heterocycles. The molecule has 0 radical (unpaired) electrons. The molecule has 0 fully saturated rings. The van der Waals surface area contributed by atoms with Crippen LogP contribution in [0.5, 0.6) is 11.5 Å². The Morgan fingerprint density at radius 3 is 2.52 bits per heavy atom. The Morgan fingerprint density at radius 2 is 1.83 bits per heavy atom. The smallest absolute Gasteiger partial charge is 0.174 e. The first-order chi connectivity index (χ1) is 14.1. The van der Waals surface area contributed by atoms with Gasteiger partial charge in [0.05, 0.1) is 19.9 Å². The minimum Gasteiger partial charge on any atom is -0.497 e. The van der Waals surface area contributed by atoms with Crippen LogP contribution in [0.25, 0.3) is 0 Å². The summed E-state index contributed by atoms with van der Waals surface area (Å²) in [4.78, 5) is 6.11. The fourth-order valence-corrected chi connectivity index (χ4v) is 3.10. The Hall–Kier alpha value is -3.19. The van der Waals surface area contributed by atoms with Crippen LogP contribution in [0, 0.1) is 5.82 Å². The topological polar surface area (TPSA) is 46.6 Å². The molecule has 0 unspecified atom stereocenters. The summed E-state index contributed by atoms with van der Waals surface area (Å²) in [5, 5.41) is 3.72. The summed E-state index contributed by atoms with van der Waals surface area (Å²) in [6.45, 7) is 0.964. The Bertz CT molecular complexity index is 969. The lowest BCUT2D eigenvalue weighted by molar-refractivity contribution is 0.394. The van der Waals surface area contributed by atoms with E-state index in [1.807, 2.05) is 35.2 Å². The molecule has 0 saturated heterocycles. The highest BCUT2D eigenvalue weighted by Gasteiger charge is 2.15. The number of nitrogens with zero attached hydrogens (tertiary/aromatic N) is 2. The van der Waals surface area contributed by atoms with Crippen molar-refractivity contribution in [3.63, 3.8) is 0 Å². The van der Waals surface area contributed by atoms with E-state index in [0.717, 1.165) is 11.1 Å². The van der Waals surface area contributed by atoms with E-state index < -0.39 is 0 Å². The first kappa shape index (κ1) is 20.5. The van der Waals surface area contributed by atoms with Crippen molar-refractivity contribution in [2.24, 2.45) is 0 Å². The van der Waals surface area contributed by atoms with Gasteiger partial charge in [-0.1, -0.05) is 18.2 Å². The first-order valence-corrected chi connectivity index (χ1v) is 9.41. The van der Waals surface area contributed by atoms with Gasteiger partial charge in [0.2, 0.25) is 0 Å². The average Bonchev–Trinajstić information content (AvgIpc) is 2.74. The molecule has 0 aliphatic carbocycles. The standard InChI is InChI=1S/C22H22FN3O2S/c1-27-19-8-9-20(21(12-19)28-2)25-22(29)26(15-17-6-4-10-24-13-17)14-16-5-3-7-18(23)11-16/h3-13H,14-15H2,1-2H3,(H,25,29). The highest BCUT2D eigenvalue weighted by molar-refractivity contribution is 7.80. The second-order valence-electron chi connectivity index (χ2n) is 6.34. The van der Waals surface area contributed by atoms with E-state index >= 15 is 0 Å².